The van der Waals surface area contributed by atoms with Gasteiger partial charge in [0.1, 0.15) is 5.75 Å². The Morgan fingerprint density at radius 1 is 1.19 bits per heavy atom. The molecule has 26 heavy (non-hydrogen) atoms. The van der Waals surface area contributed by atoms with Crippen LogP contribution >= 0.6 is 11.3 Å². The number of amides is 1. The largest absolute Gasteiger partial charge is 0.494 e. The highest BCUT2D eigenvalue weighted by Crippen LogP contribution is 2.24. The maximum Gasteiger partial charge on any atom is 0.220 e. The summed E-state index contributed by atoms with van der Waals surface area (Å²) in [5.74, 6) is 0.883. The van der Waals surface area contributed by atoms with Crippen LogP contribution < -0.4 is 10.1 Å². The Morgan fingerprint density at radius 3 is 2.88 bits per heavy atom. The van der Waals surface area contributed by atoms with Crippen molar-refractivity contribution >= 4 is 17.2 Å². The summed E-state index contributed by atoms with van der Waals surface area (Å²) >= 11 is 1.68. The van der Waals surface area contributed by atoms with Gasteiger partial charge in [-0.2, -0.15) is 0 Å². The normalized spacial score (nSPS) is 10.5. The van der Waals surface area contributed by atoms with Crippen molar-refractivity contribution in [2.45, 2.75) is 26.3 Å². The van der Waals surface area contributed by atoms with E-state index >= 15 is 0 Å². The summed E-state index contributed by atoms with van der Waals surface area (Å²) in [4.78, 5) is 17.7. The van der Waals surface area contributed by atoms with Gasteiger partial charge in [-0.25, -0.2) is 0 Å². The second kappa shape index (κ2) is 9.15. The number of nitrogens with one attached hydrogen (secondary N) is 1. The Labute approximate surface area is 157 Å². The molecule has 3 aromatic rings. The lowest BCUT2D eigenvalue weighted by Gasteiger charge is -2.10. The zero-order valence-corrected chi connectivity index (χ0v) is 15.6. The van der Waals surface area contributed by atoms with Crippen molar-refractivity contribution in [3.63, 3.8) is 0 Å². The lowest BCUT2D eigenvalue weighted by Crippen LogP contribution is -2.23. The van der Waals surface area contributed by atoms with Crippen LogP contribution in [-0.2, 0) is 17.8 Å². The van der Waals surface area contributed by atoms with Crippen molar-refractivity contribution in [3.8, 4) is 16.2 Å². The van der Waals surface area contributed by atoms with Gasteiger partial charge >= 0.3 is 0 Å². The molecule has 2 heterocycles. The maximum absolute atomic E-state index is 12.2. The zero-order chi connectivity index (χ0) is 18.2. The minimum Gasteiger partial charge on any atom is -0.494 e. The first-order valence-electron chi connectivity index (χ1n) is 8.71. The second-order valence-corrected chi connectivity index (χ2v) is 6.82. The van der Waals surface area contributed by atoms with Crippen molar-refractivity contribution in [1.82, 2.24) is 10.3 Å². The first-order chi connectivity index (χ1) is 12.8. The number of rotatable bonds is 8. The molecule has 0 aliphatic heterocycles. The predicted octanol–water partition coefficient (Wildman–Crippen LogP) is 4.46. The smallest absolute Gasteiger partial charge is 0.220 e. The summed E-state index contributed by atoms with van der Waals surface area (Å²) < 4.78 is 5.61. The molecule has 0 unspecified atom stereocenters. The number of aromatic nitrogens is 1. The van der Waals surface area contributed by atoms with E-state index in [1.807, 2.05) is 48.8 Å². The highest BCUT2D eigenvalue weighted by Gasteiger charge is 2.07. The van der Waals surface area contributed by atoms with Gasteiger partial charge in [0.2, 0.25) is 5.91 Å². The summed E-state index contributed by atoms with van der Waals surface area (Å²) in [6, 6.07) is 14.0. The molecule has 0 radical (unpaired) electrons. The van der Waals surface area contributed by atoms with E-state index in [-0.39, 0.29) is 5.91 Å². The number of thiophene rings is 1. The number of nitrogens with zero attached hydrogens (tertiary/aromatic N) is 1. The van der Waals surface area contributed by atoms with Gasteiger partial charge in [0.25, 0.3) is 0 Å². The van der Waals surface area contributed by atoms with Crippen molar-refractivity contribution in [2.24, 2.45) is 0 Å². The third kappa shape index (κ3) is 4.92. The number of carbonyl (C=O) groups is 1. The fraction of sp³-hybridized carbons (Fsp3) is 0.238. The van der Waals surface area contributed by atoms with Gasteiger partial charge in [0.15, 0.2) is 0 Å². The zero-order valence-electron chi connectivity index (χ0n) is 14.8. The highest BCUT2D eigenvalue weighted by atomic mass is 32.1. The van der Waals surface area contributed by atoms with Crippen LogP contribution in [0.2, 0.25) is 0 Å². The molecule has 0 aliphatic rings. The van der Waals surface area contributed by atoms with Crippen LogP contribution in [0.3, 0.4) is 0 Å². The number of hydrogen-bond acceptors (Lipinski definition) is 4. The Morgan fingerprint density at radius 2 is 2.08 bits per heavy atom. The summed E-state index contributed by atoms with van der Waals surface area (Å²) in [6.45, 7) is 3.07. The maximum atomic E-state index is 12.2. The van der Waals surface area contributed by atoms with E-state index in [4.69, 9.17) is 4.74 Å². The van der Waals surface area contributed by atoms with Crippen LogP contribution in [-0.4, -0.2) is 17.5 Å². The molecule has 1 amide bonds. The molecule has 3 rings (SSSR count). The van der Waals surface area contributed by atoms with Crippen LogP contribution in [0.1, 0.15) is 24.5 Å². The summed E-state index contributed by atoms with van der Waals surface area (Å²) in [6.07, 6.45) is 4.74. The molecule has 2 aromatic heterocycles. The molecular formula is C21H22N2O2S. The van der Waals surface area contributed by atoms with Gasteiger partial charge < -0.3 is 10.1 Å². The third-order valence-corrected chi connectivity index (χ3v) is 4.90. The van der Waals surface area contributed by atoms with E-state index in [1.165, 1.54) is 4.88 Å². The van der Waals surface area contributed by atoms with E-state index in [9.17, 15) is 4.79 Å². The molecule has 0 fully saturated rings. The third-order valence-electron chi connectivity index (χ3n) is 3.98. The fourth-order valence-electron chi connectivity index (χ4n) is 2.71. The Balaban J connectivity index is 1.53. The minimum absolute atomic E-state index is 0.0258. The number of hydrogen-bond donors (Lipinski definition) is 1. The number of ether oxygens (including phenoxy) is 1. The molecule has 1 N–H and O–H groups in total. The molecule has 0 saturated carbocycles. The molecule has 0 aliphatic carbocycles. The predicted molar refractivity (Wildman–Crippen MR) is 105 cm³/mol. The fourth-order valence-corrected chi connectivity index (χ4v) is 3.41. The first kappa shape index (κ1) is 18.1. The number of aryl methyl sites for hydroxylation is 1. The topological polar surface area (TPSA) is 51.2 Å². The summed E-state index contributed by atoms with van der Waals surface area (Å²) in [7, 11) is 0. The lowest BCUT2D eigenvalue weighted by molar-refractivity contribution is -0.121. The van der Waals surface area contributed by atoms with E-state index in [1.54, 1.807) is 17.5 Å². The number of pyridine rings is 1. The van der Waals surface area contributed by atoms with E-state index in [0.717, 1.165) is 22.4 Å². The van der Waals surface area contributed by atoms with E-state index < -0.39 is 0 Å². The highest BCUT2D eigenvalue weighted by molar-refractivity contribution is 7.13. The molecule has 0 spiro atoms. The summed E-state index contributed by atoms with van der Waals surface area (Å²) in [5.41, 5.74) is 3.14. The van der Waals surface area contributed by atoms with Crippen LogP contribution in [0.25, 0.3) is 10.4 Å². The van der Waals surface area contributed by atoms with Crippen molar-refractivity contribution in [3.05, 3.63) is 71.4 Å². The van der Waals surface area contributed by atoms with Crippen LogP contribution in [0.4, 0.5) is 0 Å². The minimum atomic E-state index is 0.0258. The Hall–Kier alpha value is -2.66. The van der Waals surface area contributed by atoms with E-state index in [2.05, 4.69) is 22.4 Å². The van der Waals surface area contributed by atoms with Crippen LogP contribution in [0.5, 0.6) is 5.75 Å². The van der Waals surface area contributed by atoms with Gasteiger partial charge in [0.05, 0.1) is 6.61 Å². The molecule has 0 saturated heterocycles. The van der Waals surface area contributed by atoms with Crippen molar-refractivity contribution in [1.29, 1.82) is 0 Å². The van der Waals surface area contributed by atoms with Gasteiger partial charge in [-0.1, -0.05) is 24.3 Å². The van der Waals surface area contributed by atoms with E-state index in [0.29, 0.717) is 26.0 Å². The Kier molecular flexibility index (Phi) is 6.39. The number of para-hydroxylation sites is 1. The SMILES string of the molecule is CCOc1ccccc1CCC(=O)NCc1cncc(-c2cccs2)c1. The molecule has 5 heteroatoms. The molecule has 4 nitrogen and oxygen atoms in total. The van der Waals surface area contributed by atoms with Crippen molar-refractivity contribution in [2.75, 3.05) is 6.61 Å². The monoisotopic (exact) mass is 366 g/mol. The number of carbonyl (C=O) groups excluding carboxylic acids is 1. The lowest BCUT2D eigenvalue weighted by atomic mass is 10.1. The van der Waals surface area contributed by atoms with Gasteiger partial charge in [0, 0.05) is 35.8 Å². The molecule has 1 aromatic carbocycles. The molecular weight excluding hydrogens is 344 g/mol. The summed E-state index contributed by atoms with van der Waals surface area (Å²) in [5, 5.41) is 5.02. The van der Waals surface area contributed by atoms with Gasteiger partial charge in [-0.15, -0.1) is 11.3 Å². The second-order valence-electron chi connectivity index (χ2n) is 5.88. The molecule has 0 atom stereocenters. The molecule has 134 valence electrons. The van der Waals surface area contributed by atoms with Gasteiger partial charge in [-0.3, -0.25) is 9.78 Å². The average molecular weight is 366 g/mol. The Bertz CT molecular complexity index is 847. The van der Waals surface area contributed by atoms with Crippen LogP contribution in [0, 0.1) is 0 Å². The first-order valence-corrected chi connectivity index (χ1v) is 9.59. The molecule has 0 bridgehead atoms. The van der Waals surface area contributed by atoms with Crippen molar-refractivity contribution < 1.29 is 9.53 Å². The average Bonchev–Trinajstić information content (AvgIpc) is 3.21. The van der Waals surface area contributed by atoms with Gasteiger partial charge in [-0.05, 0) is 48.1 Å². The standard InChI is InChI=1S/C21H22N2O2S/c1-2-25-19-7-4-3-6-17(19)9-10-21(24)23-14-16-12-18(15-22-13-16)20-8-5-11-26-20/h3-8,11-13,15H,2,9-10,14H2,1H3,(H,23,24). The quantitative estimate of drug-likeness (QED) is 0.640. The number of benzene rings is 1. The van der Waals surface area contributed by atoms with Crippen LogP contribution in [0.15, 0.2) is 60.2 Å².